The molecule has 0 saturated carbocycles. The molecule has 8 heteroatoms. The van der Waals surface area contributed by atoms with E-state index >= 15 is 0 Å². The maximum atomic E-state index is 11.8. The van der Waals surface area contributed by atoms with Crippen LogP contribution in [-0.2, 0) is 17.6 Å². The van der Waals surface area contributed by atoms with Gasteiger partial charge in [0.2, 0.25) is 5.89 Å². The minimum absolute atomic E-state index is 0.116. The topological polar surface area (TPSA) is 68.4 Å². The van der Waals surface area contributed by atoms with Crippen molar-refractivity contribution >= 4 is 0 Å². The van der Waals surface area contributed by atoms with E-state index in [1.807, 2.05) is 0 Å². The van der Waals surface area contributed by atoms with Crippen molar-refractivity contribution in [1.29, 1.82) is 0 Å². The lowest BCUT2D eigenvalue weighted by molar-refractivity contribution is -0.173. The molecule has 0 radical (unpaired) electrons. The zero-order valence-electron chi connectivity index (χ0n) is 9.90. The summed E-state index contributed by atoms with van der Waals surface area (Å²) in [6.07, 6.45) is -3.69. The van der Waals surface area contributed by atoms with Crippen molar-refractivity contribution in [3.05, 3.63) is 11.7 Å². The van der Waals surface area contributed by atoms with Gasteiger partial charge in [0, 0.05) is 12.8 Å². The van der Waals surface area contributed by atoms with Crippen LogP contribution in [0.1, 0.15) is 25.1 Å². The number of ether oxygens (including phenoxy) is 1. The number of aliphatic hydroxyl groups excluding tert-OH is 1. The molecule has 0 saturated heterocycles. The van der Waals surface area contributed by atoms with E-state index in [4.69, 9.17) is 9.63 Å². The van der Waals surface area contributed by atoms with Crippen LogP contribution in [0, 0.1) is 0 Å². The van der Waals surface area contributed by atoms with E-state index in [2.05, 4.69) is 14.9 Å². The van der Waals surface area contributed by atoms with E-state index in [1.54, 1.807) is 6.92 Å². The monoisotopic (exact) mass is 268 g/mol. The van der Waals surface area contributed by atoms with E-state index in [0.717, 1.165) is 0 Å². The van der Waals surface area contributed by atoms with Gasteiger partial charge in [-0.05, 0) is 13.3 Å². The van der Waals surface area contributed by atoms with Crippen molar-refractivity contribution in [2.75, 3.05) is 13.2 Å². The number of halogens is 3. The molecule has 0 aromatic carbocycles. The average Bonchev–Trinajstić information content (AvgIpc) is 2.68. The maximum Gasteiger partial charge on any atom is 0.411 e. The highest BCUT2D eigenvalue weighted by Crippen LogP contribution is 2.14. The molecular weight excluding hydrogens is 253 g/mol. The zero-order valence-corrected chi connectivity index (χ0v) is 9.90. The lowest BCUT2D eigenvalue weighted by atomic mass is 10.2. The highest BCUT2D eigenvalue weighted by molar-refractivity contribution is 4.86. The molecule has 0 aliphatic rings. The second-order valence-electron chi connectivity index (χ2n) is 3.91. The van der Waals surface area contributed by atoms with E-state index in [9.17, 15) is 13.2 Å². The summed E-state index contributed by atoms with van der Waals surface area (Å²) in [7, 11) is 0. The maximum absolute atomic E-state index is 11.8. The summed E-state index contributed by atoms with van der Waals surface area (Å²) in [5.41, 5.74) is 0. The molecule has 5 nitrogen and oxygen atoms in total. The number of rotatable bonds is 7. The second-order valence-corrected chi connectivity index (χ2v) is 3.91. The predicted molar refractivity (Wildman–Crippen MR) is 54.9 cm³/mol. The summed E-state index contributed by atoms with van der Waals surface area (Å²) in [6, 6.07) is 0. The van der Waals surface area contributed by atoms with Crippen LogP contribution in [0.15, 0.2) is 4.52 Å². The Balaban J connectivity index is 2.23. The van der Waals surface area contributed by atoms with Crippen LogP contribution in [0.25, 0.3) is 0 Å². The highest BCUT2D eigenvalue weighted by atomic mass is 19.4. The van der Waals surface area contributed by atoms with E-state index in [-0.39, 0.29) is 13.0 Å². The van der Waals surface area contributed by atoms with Crippen LogP contribution in [0.3, 0.4) is 0 Å². The van der Waals surface area contributed by atoms with Crippen molar-refractivity contribution in [1.82, 2.24) is 10.1 Å². The van der Waals surface area contributed by atoms with Gasteiger partial charge in [-0.15, -0.1) is 0 Å². The van der Waals surface area contributed by atoms with Gasteiger partial charge in [0.15, 0.2) is 5.82 Å². The van der Waals surface area contributed by atoms with Crippen molar-refractivity contribution in [3.8, 4) is 0 Å². The number of aryl methyl sites for hydroxylation is 1. The number of aromatic nitrogens is 2. The number of aliphatic hydroxyl groups is 1. The predicted octanol–water partition coefficient (Wildman–Crippen LogP) is 1.50. The number of nitrogens with zero attached hydrogens (tertiary/aromatic N) is 2. The molecule has 0 fully saturated rings. The molecule has 1 aromatic heterocycles. The Morgan fingerprint density at radius 2 is 2.11 bits per heavy atom. The Hall–Kier alpha value is -1.15. The normalized spacial score (nSPS) is 13.8. The third-order valence-corrected chi connectivity index (χ3v) is 2.02. The van der Waals surface area contributed by atoms with Crippen LogP contribution < -0.4 is 0 Å². The fourth-order valence-electron chi connectivity index (χ4n) is 1.18. The summed E-state index contributed by atoms with van der Waals surface area (Å²) in [5.74, 6) is 0.666. The summed E-state index contributed by atoms with van der Waals surface area (Å²) in [6.45, 7) is 0.247. The number of hydrogen-bond acceptors (Lipinski definition) is 5. The first-order valence-corrected chi connectivity index (χ1v) is 5.51. The van der Waals surface area contributed by atoms with Crippen molar-refractivity contribution in [2.45, 2.75) is 38.5 Å². The van der Waals surface area contributed by atoms with Gasteiger partial charge in [0.1, 0.15) is 6.61 Å². The molecular formula is C10H15F3N2O3. The molecule has 1 atom stereocenters. The Bertz CT molecular complexity index is 352. The zero-order chi connectivity index (χ0) is 13.6. The molecule has 0 bridgehead atoms. The van der Waals surface area contributed by atoms with Crippen LogP contribution in [0.5, 0.6) is 0 Å². The summed E-state index contributed by atoms with van der Waals surface area (Å²) >= 11 is 0. The molecule has 1 unspecified atom stereocenters. The molecule has 1 rings (SSSR count). The van der Waals surface area contributed by atoms with Crippen LogP contribution in [-0.4, -0.2) is 40.7 Å². The minimum Gasteiger partial charge on any atom is -0.393 e. The largest absolute Gasteiger partial charge is 0.411 e. The Morgan fingerprint density at radius 3 is 2.72 bits per heavy atom. The van der Waals surface area contributed by atoms with Crippen molar-refractivity contribution in [2.24, 2.45) is 0 Å². The van der Waals surface area contributed by atoms with Crippen LogP contribution >= 0.6 is 0 Å². The third kappa shape index (κ3) is 6.55. The molecule has 0 spiro atoms. The van der Waals surface area contributed by atoms with Gasteiger partial charge in [-0.25, -0.2) is 0 Å². The third-order valence-electron chi connectivity index (χ3n) is 2.02. The van der Waals surface area contributed by atoms with Crippen molar-refractivity contribution in [3.63, 3.8) is 0 Å². The fourth-order valence-corrected chi connectivity index (χ4v) is 1.18. The minimum atomic E-state index is -4.32. The number of hydrogen-bond donors (Lipinski definition) is 1. The van der Waals surface area contributed by atoms with Gasteiger partial charge in [0.25, 0.3) is 0 Å². The molecule has 1 aromatic rings. The molecule has 0 aliphatic carbocycles. The van der Waals surface area contributed by atoms with Gasteiger partial charge in [-0.3, -0.25) is 0 Å². The van der Waals surface area contributed by atoms with Gasteiger partial charge in [-0.1, -0.05) is 5.16 Å². The Morgan fingerprint density at radius 1 is 1.39 bits per heavy atom. The lowest BCUT2D eigenvalue weighted by Crippen LogP contribution is -2.18. The molecule has 1 heterocycles. The first kappa shape index (κ1) is 14.9. The SMILES string of the molecule is CC(O)CCc1nc(CCOCC(F)(F)F)no1. The quantitative estimate of drug-likeness (QED) is 0.759. The Labute approximate surface area is 102 Å². The molecule has 18 heavy (non-hydrogen) atoms. The second kappa shape index (κ2) is 6.69. The smallest absolute Gasteiger partial charge is 0.393 e. The van der Waals surface area contributed by atoms with E-state index in [0.29, 0.717) is 24.6 Å². The first-order valence-electron chi connectivity index (χ1n) is 5.51. The van der Waals surface area contributed by atoms with Crippen molar-refractivity contribution < 1.29 is 27.5 Å². The van der Waals surface area contributed by atoms with Gasteiger partial charge in [-0.2, -0.15) is 18.2 Å². The van der Waals surface area contributed by atoms with Crippen LogP contribution in [0.4, 0.5) is 13.2 Å². The van der Waals surface area contributed by atoms with Crippen LogP contribution in [0.2, 0.25) is 0 Å². The summed E-state index contributed by atoms with van der Waals surface area (Å²) < 4.78 is 44.6. The Kier molecular flexibility index (Phi) is 5.54. The van der Waals surface area contributed by atoms with E-state index in [1.165, 1.54) is 0 Å². The summed E-state index contributed by atoms with van der Waals surface area (Å²) in [4.78, 5) is 3.97. The summed E-state index contributed by atoms with van der Waals surface area (Å²) in [5, 5.41) is 12.7. The first-order chi connectivity index (χ1) is 8.37. The van der Waals surface area contributed by atoms with Gasteiger partial charge < -0.3 is 14.4 Å². The fraction of sp³-hybridized carbons (Fsp3) is 0.800. The molecule has 0 aliphatic heterocycles. The number of alkyl halides is 3. The van der Waals surface area contributed by atoms with Gasteiger partial charge in [0.05, 0.1) is 12.7 Å². The average molecular weight is 268 g/mol. The van der Waals surface area contributed by atoms with E-state index < -0.39 is 18.9 Å². The molecule has 104 valence electrons. The van der Waals surface area contributed by atoms with Gasteiger partial charge >= 0.3 is 6.18 Å². The molecule has 1 N–H and O–H groups in total. The standard InChI is InChI=1S/C10H15F3N2O3/c1-7(16)2-3-9-14-8(15-18-9)4-5-17-6-10(11,12)13/h7,16H,2-6H2,1H3. The highest BCUT2D eigenvalue weighted by Gasteiger charge is 2.27. The lowest BCUT2D eigenvalue weighted by Gasteiger charge is -2.05. The molecule has 0 amide bonds.